The highest BCUT2D eigenvalue weighted by Crippen LogP contribution is 2.26. The molecular formula is C10H13BrN4O. The molecule has 0 fully saturated rings. The van der Waals surface area contributed by atoms with E-state index in [1.807, 2.05) is 20.2 Å². The third-order valence-corrected chi connectivity index (χ3v) is 3.21. The molecule has 0 saturated carbocycles. The zero-order valence-corrected chi connectivity index (χ0v) is 10.7. The van der Waals surface area contributed by atoms with Crippen LogP contribution in [-0.2, 0) is 13.5 Å². The molecule has 6 heteroatoms. The highest BCUT2D eigenvalue weighted by atomic mass is 79.9. The fourth-order valence-corrected chi connectivity index (χ4v) is 2.13. The zero-order chi connectivity index (χ0) is 11.5. The maximum absolute atomic E-state index is 5.23. The summed E-state index contributed by atoms with van der Waals surface area (Å²) in [7, 11) is 3.81. The number of nitrogens with one attached hydrogen (secondary N) is 1. The van der Waals surface area contributed by atoms with E-state index in [0.29, 0.717) is 0 Å². The number of likely N-dealkylation sites (N-methyl/N-ethyl adjacent to an activating group) is 1. The van der Waals surface area contributed by atoms with Gasteiger partial charge in [0.05, 0.1) is 6.26 Å². The van der Waals surface area contributed by atoms with Crippen LogP contribution >= 0.6 is 15.9 Å². The largest absolute Gasteiger partial charge is 0.457 e. The van der Waals surface area contributed by atoms with E-state index in [2.05, 4.69) is 31.3 Å². The van der Waals surface area contributed by atoms with E-state index in [1.54, 1.807) is 17.3 Å². The fraction of sp³-hybridized carbons (Fsp3) is 0.400. The lowest BCUT2D eigenvalue weighted by Gasteiger charge is -2.14. The van der Waals surface area contributed by atoms with Crippen LogP contribution in [0.1, 0.15) is 17.4 Å². The van der Waals surface area contributed by atoms with Crippen molar-refractivity contribution < 1.29 is 4.42 Å². The number of hydrogen-bond donors (Lipinski definition) is 1. The maximum atomic E-state index is 5.23. The van der Waals surface area contributed by atoms with Crippen molar-refractivity contribution in [2.45, 2.75) is 12.5 Å². The second-order valence-electron chi connectivity index (χ2n) is 3.49. The Labute approximate surface area is 102 Å². The second kappa shape index (κ2) is 4.80. The van der Waals surface area contributed by atoms with Gasteiger partial charge in [-0.1, -0.05) is 0 Å². The topological polar surface area (TPSA) is 55.9 Å². The lowest BCUT2D eigenvalue weighted by Crippen LogP contribution is -2.20. The van der Waals surface area contributed by atoms with Gasteiger partial charge in [-0.25, -0.2) is 4.98 Å². The molecule has 1 unspecified atom stereocenters. The van der Waals surface area contributed by atoms with Crippen LogP contribution in [0.15, 0.2) is 27.7 Å². The molecule has 5 nitrogen and oxygen atoms in total. The van der Waals surface area contributed by atoms with Gasteiger partial charge in [-0.2, -0.15) is 5.10 Å². The van der Waals surface area contributed by atoms with Crippen molar-refractivity contribution in [3.63, 3.8) is 0 Å². The van der Waals surface area contributed by atoms with Crippen LogP contribution in [0.3, 0.4) is 0 Å². The summed E-state index contributed by atoms with van der Waals surface area (Å²) in [6, 6.07) is 2.11. The molecule has 0 aliphatic carbocycles. The molecule has 2 rings (SSSR count). The Balaban J connectivity index is 2.19. The molecule has 2 heterocycles. The molecule has 0 aromatic carbocycles. The summed E-state index contributed by atoms with van der Waals surface area (Å²) in [4.78, 5) is 4.21. The summed E-state index contributed by atoms with van der Waals surface area (Å²) in [5, 5.41) is 7.29. The molecular weight excluding hydrogens is 272 g/mol. The number of nitrogens with zero attached hydrogens (tertiary/aromatic N) is 3. The van der Waals surface area contributed by atoms with Gasteiger partial charge in [0.15, 0.2) is 4.67 Å². The highest BCUT2D eigenvalue weighted by Gasteiger charge is 2.17. The van der Waals surface area contributed by atoms with Crippen molar-refractivity contribution in [1.82, 2.24) is 20.1 Å². The van der Waals surface area contributed by atoms with Crippen molar-refractivity contribution in [2.75, 3.05) is 7.05 Å². The smallest absolute Gasteiger partial charge is 0.173 e. The summed E-state index contributed by atoms with van der Waals surface area (Å²) in [5.41, 5.74) is 1.09. The van der Waals surface area contributed by atoms with Gasteiger partial charge in [0, 0.05) is 25.1 Å². The van der Waals surface area contributed by atoms with E-state index in [1.165, 1.54) is 0 Å². The van der Waals surface area contributed by atoms with Gasteiger partial charge < -0.3 is 9.73 Å². The third kappa shape index (κ3) is 2.17. The minimum atomic E-state index is 0.163. The molecule has 0 spiro atoms. The molecule has 2 aromatic heterocycles. The van der Waals surface area contributed by atoms with Crippen LogP contribution in [0.5, 0.6) is 0 Å². The highest BCUT2D eigenvalue weighted by molar-refractivity contribution is 9.10. The predicted octanol–water partition coefficient (Wildman–Crippen LogP) is 1.67. The summed E-state index contributed by atoms with van der Waals surface area (Å²) in [5.74, 6) is 0.937. The lowest BCUT2D eigenvalue weighted by atomic mass is 10.1. The van der Waals surface area contributed by atoms with Crippen LogP contribution in [0.4, 0.5) is 0 Å². The quantitative estimate of drug-likeness (QED) is 0.928. The first-order chi connectivity index (χ1) is 7.72. The SMILES string of the molecule is CNC(Cc1ncnn1C)c1ccoc1Br. The fourth-order valence-electron chi connectivity index (χ4n) is 1.61. The number of furan rings is 1. The van der Waals surface area contributed by atoms with Crippen molar-refractivity contribution in [1.29, 1.82) is 0 Å². The van der Waals surface area contributed by atoms with Gasteiger partial charge >= 0.3 is 0 Å². The number of rotatable bonds is 4. The molecule has 0 saturated heterocycles. The molecule has 86 valence electrons. The Morgan fingerprint density at radius 2 is 2.44 bits per heavy atom. The number of aryl methyl sites for hydroxylation is 1. The van der Waals surface area contributed by atoms with Crippen LogP contribution in [-0.4, -0.2) is 21.8 Å². The van der Waals surface area contributed by atoms with Crippen LogP contribution in [0.25, 0.3) is 0 Å². The Bertz CT molecular complexity index is 465. The minimum absolute atomic E-state index is 0.163. The monoisotopic (exact) mass is 284 g/mol. The first-order valence-corrected chi connectivity index (χ1v) is 5.74. The summed E-state index contributed by atoms with van der Waals surface area (Å²) < 4.78 is 7.77. The van der Waals surface area contributed by atoms with E-state index >= 15 is 0 Å². The summed E-state index contributed by atoms with van der Waals surface area (Å²) in [6.07, 6.45) is 4.00. The van der Waals surface area contributed by atoms with Gasteiger partial charge in [0.25, 0.3) is 0 Å². The van der Waals surface area contributed by atoms with Crippen molar-refractivity contribution in [3.05, 3.63) is 34.7 Å². The standard InChI is InChI=1S/C10H13BrN4O/c1-12-8(7-3-4-16-10(7)11)5-9-13-6-14-15(9)2/h3-4,6,8,12H,5H2,1-2H3. The zero-order valence-electron chi connectivity index (χ0n) is 9.14. The van der Waals surface area contributed by atoms with E-state index in [9.17, 15) is 0 Å². The molecule has 0 radical (unpaired) electrons. The molecule has 1 atom stereocenters. The summed E-state index contributed by atoms with van der Waals surface area (Å²) >= 11 is 3.38. The third-order valence-electron chi connectivity index (χ3n) is 2.56. The van der Waals surface area contributed by atoms with Gasteiger partial charge in [-0.05, 0) is 29.0 Å². The van der Waals surface area contributed by atoms with Crippen molar-refractivity contribution in [3.8, 4) is 0 Å². The normalized spacial score (nSPS) is 12.9. The van der Waals surface area contributed by atoms with E-state index in [-0.39, 0.29) is 6.04 Å². The van der Waals surface area contributed by atoms with Gasteiger partial charge in [0.2, 0.25) is 0 Å². The average Bonchev–Trinajstić information content (AvgIpc) is 2.85. The van der Waals surface area contributed by atoms with Gasteiger partial charge in [-0.3, -0.25) is 4.68 Å². The van der Waals surface area contributed by atoms with Crippen LogP contribution in [0, 0.1) is 0 Å². The molecule has 0 aliphatic heterocycles. The van der Waals surface area contributed by atoms with E-state index in [0.717, 1.165) is 22.5 Å². The Kier molecular flexibility index (Phi) is 3.40. The average molecular weight is 285 g/mol. The van der Waals surface area contributed by atoms with E-state index in [4.69, 9.17) is 4.42 Å². The number of halogens is 1. The predicted molar refractivity (Wildman–Crippen MR) is 62.9 cm³/mol. The minimum Gasteiger partial charge on any atom is -0.457 e. The molecule has 0 bridgehead atoms. The number of hydrogen-bond acceptors (Lipinski definition) is 4. The van der Waals surface area contributed by atoms with E-state index < -0.39 is 0 Å². The molecule has 16 heavy (non-hydrogen) atoms. The van der Waals surface area contributed by atoms with Crippen LogP contribution < -0.4 is 5.32 Å². The summed E-state index contributed by atoms with van der Waals surface area (Å²) in [6.45, 7) is 0. The van der Waals surface area contributed by atoms with Crippen molar-refractivity contribution >= 4 is 15.9 Å². The first-order valence-electron chi connectivity index (χ1n) is 4.95. The van der Waals surface area contributed by atoms with Gasteiger partial charge in [0.1, 0.15) is 12.2 Å². The second-order valence-corrected chi connectivity index (χ2v) is 4.22. The van der Waals surface area contributed by atoms with Crippen LogP contribution in [0.2, 0.25) is 0 Å². The molecule has 0 aliphatic rings. The molecule has 0 amide bonds. The lowest BCUT2D eigenvalue weighted by molar-refractivity contribution is 0.509. The Hall–Kier alpha value is -1.14. The molecule has 2 aromatic rings. The Morgan fingerprint density at radius 3 is 2.94 bits per heavy atom. The van der Waals surface area contributed by atoms with Gasteiger partial charge in [-0.15, -0.1) is 0 Å². The maximum Gasteiger partial charge on any atom is 0.173 e. The van der Waals surface area contributed by atoms with Crippen molar-refractivity contribution in [2.24, 2.45) is 7.05 Å². The number of aromatic nitrogens is 3. The molecule has 1 N–H and O–H groups in total. The Morgan fingerprint density at radius 1 is 1.62 bits per heavy atom. The first kappa shape index (κ1) is 11.3.